The first-order chi connectivity index (χ1) is 15.0. The zero-order valence-electron chi connectivity index (χ0n) is 16.0. The summed E-state index contributed by atoms with van der Waals surface area (Å²) in [7, 11) is 0. The number of carbonyl (C=O) groups is 2. The molecule has 0 bridgehead atoms. The van der Waals surface area contributed by atoms with Crippen LogP contribution in [0, 0.1) is 5.82 Å². The van der Waals surface area contributed by atoms with Crippen LogP contribution in [0.25, 0.3) is 21.9 Å². The Kier molecular flexibility index (Phi) is 5.93. The van der Waals surface area contributed by atoms with Crippen LogP contribution < -0.4 is 10.6 Å². The lowest BCUT2D eigenvalue weighted by Crippen LogP contribution is -2.35. The molecule has 4 nitrogen and oxygen atoms in total. The average Bonchev–Trinajstić information content (AvgIpc) is 2.73. The molecule has 154 valence electrons. The Morgan fingerprint density at radius 2 is 1.58 bits per heavy atom. The van der Waals surface area contributed by atoms with Crippen molar-refractivity contribution in [1.82, 2.24) is 5.32 Å². The monoisotopic (exact) mass is 450 g/mol. The van der Waals surface area contributed by atoms with Gasteiger partial charge in [-0.25, -0.2) is 9.18 Å². The molecule has 4 aromatic rings. The minimum Gasteiger partial charge on any atom is -0.307 e. The van der Waals surface area contributed by atoms with Gasteiger partial charge in [-0.2, -0.15) is 0 Å². The molecule has 0 atom stereocenters. The molecule has 0 saturated heterocycles. The van der Waals surface area contributed by atoms with Gasteiger partial charge < -0.3 is 5.32 Å². The SMILES string of the molecule is O=C(NC(=O)c1c(F)cccc1Cl)Nc1cccc(S)c1-c1cccc2ccccc12. The summed E-state index contributed by atoms with van der Waals surface area (Å²) >= 11 is 10.5. The van der Waals surface area contributed by atoms with Crippen LogP contribution in [-0.2, 0) is 0 Å². The van der Waals surface area contributed by atoms with Gasteiger partial charge in [-0.15, -0.1) is 12.6 Å². The molecule has 0 saturated carbocycles. The van der Waals surface area contributed by atoms with Gasteiger partial charge in [0.15, 0.2) is 0 Å². The van der Waals surface area contributed by atoms with Gasteiger partial charge in [0, 0.05) is 10.5 Å². The summed E-state index contributed by atoms with van der Waals surface area (Å²) in [6, 6.07) is 22.0. The van der Waals surface area contributed by atoms with Crippen LogP contribution in [0.1, 0.15) is 10.4 Å². The first kappa shape index (κ1) is 20.9. The average molecular weight is 451 g/mol. The fraction of sp³-hybridized carbons (Fsp3) is 0. The van der Waals surface area contributed by atoms with Gasteiger partial charge in [0.25, 0.3) is 5.91 Å². The first-order valence-corrected chi connectivity index (χ1v) is 10.1. The van der Waals surface area contributed by atoms with Crippen LogP contribution in [0.15, 0.2) is 83.8 Å². The lowest BCUT2D eigenvalue weighted by atomic mass is 9.97. The Labute approximate surface area is 188 Å². The van der Waals surface area contributed by atoms with E-state index in [0.29, 0.717) is 16.1 Å². The Balaban J connectivity index is 1.67. The number of anilines is 1. The lowest BCUT2D eigenvalue weighted by molar-refractivity contribution is 0.0963. The number of hydrogen-bond donors (Lipinski definition) is 3. The zero-order chi connectivity index (χ0) is 22.0. The van der Waals surface area contributed by atoms with E-state index in [1.807, 2.05) is 48.5 Å². The molecule has 0 spiro atoms. The van der Waals surface area contributed by atoms with Crippen molar-refractivity contribution >= 4 is 52.6 Å². The van der Waals surface area contributed by atoms with E-state index in [1.54, 1.807) is 12.1 Å². The number of rotatable bonds is 3. The van der Waals surface area contributed by atoms with E-state index < -0.39 is 23.3 Å². The van der Waals surface area contributed by atoms with Gasteiger partial charge in [0.2, 0.25) is 0 Å². The van der Waals surface area contributed by atoms with Crippen molar-refractivity contribution in [2.45, 2.75) is 4.90 Å². The predicted molar refractivity (Wildman–Crippen MR) is 125 cm³/mol. The van der Waals surface area contributed by atoms with Crippen LogP contribution >= 0.6 is 24.2 Å². The number of thiol groups is 1. The number of benzene rings is 4. The number of halogens is 2. The van der Waals surface area contributed by atoms with Crippen molar-refractivity contribution in [2.75, 3.05) is 5.32 Å². The third-order valence-corrected chi connectivity index (χ3v) is 5.45. The highest BCUT2D eigenvalue weighted by Crippen LogP contribution is 2.38. The van der Waals surface area contributed by atoms with E-state index >= 15 is 0 Å². The Bertz CT molecular complexity index is 1300. The molecule has 31 heavy (non-hydrogen) atoms. The van der Waals surface area contributed by atoms with Crippen molar-refractivity contribution < 1.29 is 14.0 Å². The fourth-order valence-corrected chi connectivity index (χ4v) is 3.98. The maximum Gasteiger partial charge on any atom is 0.326 e. The van der Waals surface area contributed by atoms with E-state index in [4.69, 9.17) is 11.6 Å². The maximum atomic E-state index is 14.0. The van der Waals surface area contributed by atoms with Gasteiger partial charge in [0.1, 0.15) is 5.82 Å². The first-order valence-electron chi connectivity index (χ1n) is 9.32. The van der Waals surface area contributed by atoms with Crippen molar-refractivity contribution in [3.8, 4) is 11.1 Å². The quantitative estimate of drug-likeness (QED) is 0.310. The molecular weight excluding hydrogens is 435 g/mol. The Morgan fingerprint density at radius 3 is 2.39 bits per heavy atom. The number of imide groups is 1. The van der Waals surface area contributed by atoms with Crippen LogP contribution in [0.5, 0.6) is 0 Å². The van der Waals surface area contributed by atoms with Gasteiger partial charge in [0.05, 0.1) is 16.3 Å². The molecule has 2 N–H and O–H groups in total. The topological polar surface area (TPSA) is 58.2 Å². The minimum atomic E-state index is -0.936. The summed E-state index contributed by atoms with van der Waals surface area (Å²) in [6.45, 7) is 0. The van der Waals surface area contributed by atoms with Crippen molar-refractivity contribution in [3.05, 3.63) is 95.3 Å². The van der Waals surface area contributed by atoms with Gasteiger partial charge in [-0.3, -0.25) is 10.1 Å². The maximum absolute atomic E-state index is 14.0. The molecular formula is C24H16ClFN2O2S. The Hall–Kier alpha value is -3.35. The van der Waals surface area contributed by atoms with Crippen LogP contribution in [-0.4, -0.2) is 11.9 Å². The van der Waals surface area contributed by atoms with Gasteiger partial charge in [-0.05, 0) is 40.6 Å². The number of hydrogen-bond acceptors (Lipinski definition) is 3. The van der Waals surface area contributed by atoms with Crippen molar-refractivity contribution in [3.63, 3.8) is 0 Å². The highest BCUT2D eigenvalue weighted by Gasteiger charge is 2.19. The standard InChI is InChI=1S/C24H16ClFN2O2S/c25-17-10-4-11-18(26)22(17)23(29)28-24(30)27-19-12-5-13-20(31)21(19)16-9-3-7-14-6-1-2-8-15(14)16/h1-13,31H,(H2,27,28,29,30). The number of nitrogens with one attached hydrogen (secondary N) is 2. The molecule has 4 aromatic carbocycles. The van der Waals surface area contributed by atoms with E-state index in [1.165, 1.54) is 12.1 Å². The summed E-state index contributed by atoms with van der Waals surface area (Å²) in [5.74, 6) is -1.75. The Morgan fingerprint density at radius 1 is 0.871 bits per heavy atom. The highest BCUT2D eigenvalue weighted by atomic mass is 35.5. The summed E-state index contributed by atoms with van der Waals surface area (Å²) in [5, 5.41) is 6.74. The third-order valence-electron chi connectivity index (χ3n) is 4.77. The van der Waals surface area contributed by atoms with E-state index in [9.17, 15) is 14.0 Å². The second-order valence-corrected chi connectivity index (χ2v) is 7.62. The van der Waals surface area contributed by atoms with E-state index in [2.05, 4.69) is 23.3 Å². The van der Waals surface area contributed by atoms with Crippen LogP contribution in [0.2, 0.25) is 5.02 Å². The molecule has 4 rings (SSSR count). The molecule has 0 unspecified atom stereocenters. The molecule has 0 fully saturated rings. The second kappa shape index (κ2) is 8.79. The molecule has 7 heteroatoms. The molecule has 0 heterocycles. The largest absolute Gasteiger partial charge is 0.326 e. The van der Waals surface area contributed by atoms with E-state index in [0.717, 1.165) is 22.4 Å². The number of fused-ring (bicyclic) bond motifs is 1. The molecule has 0 aliphatic carbocycles. The summed E-state index contributed by atoms with van der Waals surface area (Å²) < 4.78 is 14.0. The molecule has 0 aliphatic rings. The molecule has 3 amide bonds. The number of urea groups is 1. The fourth-order valence-electron chi connectivity index (χ4n) is 3.40. The lowest BCUT2D eigenvalue weighted by Gasteiger charge is -2.16. The highest BCUT2D eigenvalue weighted by molar-refractivity contribution is 7.80. The van der Waals surface area contributed by atoms with Crippen molar-refractivity contribution in [1.29, 1.82) is 0 Å². The smallest absolute Gasteiger partial charge is 0.307 e. The number of amides is 3. The predicted octanol–water partition coefficient (Wildman–Crippen LogP) is 6.55. The molecule has 0 aliphatic heterocycles. The van der Waals surface area contributed by atoms with Crippen LogP contribution in [0.3, 0.4) is 0 Å². The van der Waals surface area contributed by atoms with E-state index in [-0.39, 0.29) is 5.02 Å². The van der Waals surface area contributed by atoms with Crippen molar-refractivity contribution in [2.24, 2.45) is 0 Å². The van der Waals surface area contributed by atoms with Crippen LogP contribution in [0.4, 0.5) is 14.9 Å². The summed E-state index contributed by atoms with van der Waals surface area (Å²) in [5.41, 5.74) is 1.64. The second-order valence-electron chi connectivity index (χ2n) is 6.73. The minimum absolute atomic E-state index is 0.0842. The zero-order valence-corrected chi connectivity index (χ0v) is 17.7. The van der Waals surface area contributed by atoms with Gasteiger partial charge in [-0.1, -0.05) is 66.2 Å². The summed E-state index contributed by atoms with van der Waals surface area (Å²) in [6.07, 6.45) is 0. The number of carbonyl (C=O) groups excluding carboxylic acids is 2. The molecule has 0 radical (unpaired) electrons. The third kappa shape index (κ3) is 4.26. The summed E-state index contributed by atoms with van der Waals surface area (Å²) in [4.78, 5) is 25.6. The molecule has 0 aromatic heterocycles. The normalized spacial score (nSPS) is 10.7. The van der Waals surface area contributed by atoms with Gasteiger partial charge >= 0.3 is 6.03 Å².